The van der Waals surface area contributed by atoms with E-state index in [0.29, 0.717) is 5.56 Å². The molecule has 4 heteroatoms. The molecule has 20 heavy (non-hydrogen) atoms. The number of aliphatic hydroxyl groups is 1. The molecule has 104 valence electrons. The largest absolute Gasteiger partial charge is 0.392 e. The van der Waals surface area contributed by atoms with Gasteiger partial charge in [0.1, 0.15) is 0 Å². The Kier molecular flexibility index (Phi) is 4.15. The Morgan fingerprint density at radius 1 is 1.25 bits per heavy atom. The summed E-state index contributed by atoms with van der Waals surface area (Å²) in [6.07, 6.45) is 3.26. The van der Waals surface area contributed by atoms with Crippen LogP contribution in [0.4, 0.5) is 0 Å². The number of aromatic nitrogens is 1. The lowest BCUT2D eigenvalue weighted by molar-refractivity contribution is 0.0827. The van der Waals surface area contributed by atoms with Crippen LogP contribution in [0.1, 0.15) is 21.5 Å². The minimum absolute atomic E-state index is 0.0388. The molecule has 0 aliphatic carbocycles. The zero-order chi connectivity index (χ0) is 14.7. The highest BCUT2D eigenvalue weighted by molar-refractivity contribution is 5.94. The summed E-state index contributed by atoms with van der Waals surface area (Å²) < 4.78 is 0. The van der Waals surface area contributed by atoms with E-state index in [2.05, 4.69) is 4.98 Å². The number of aliphatic hydroxyl groups excluding tert-OH is 1. The van der Waals surface area contributed by atoms with Gasteiger partial charge in [0, 0.05) is 32.1 Å². The Balaban J connectivity index is 2.49. The van der Waals surface area contributed by atoms with Crippen molar-refractivity contribution < 1.29 is 9.90 Å². The first-order valence-corrected chi connectivity index (χ1v) is 6.40. The summed E-state index contributed by atoms with van der Waals surface area (Å²) in [6, 6.07) is 7.67. The average molecular weight is 270 g/mol. The highest BCUT2D eigenvalue weighted by atomic mass is 16.3. The number of rotatable bonds is 3. The van der Waals surface area contributed by atoms with Crippen molar-refractivity contribution in [3.63, 3.8) is 0 Å². The normalized spacial score (nSPS) is 10.4. The molecule has 0 unspecified atom stereocenters. The highest BCUT2D eigenvalue weighted by Gasteiger charge is 2.11. The van der Waals surface area contributed by atoms with Gasteiger partial charge in [0.25, 0.3) is 5.91 Å². The predicted molar refractivity (Wildman–Crippen MR) is 78.4 cm³/mol. The maximum absolute atomic E-state index is 12.0. The van der Waals surface area contributed by atoms with Crippen LogP contribution in [0, 0.1) is 6.92 Å². The molecule has 2 rings (SSSR count). The Hall–Kier alpha value is -2.20. The molecule has 1 heterocycles. The van der Waals surface area contributed by atoms with Crippen molar-refractivity contribution in [2.45, 2.75) is 13.5 Å². The van der Waals surface area contributed by atoms with Gasteiger partial charge in [0.05, 0.1) is 12.2 Å². The first kappa shape index (κ1) is 14.2. The number of aryl methyl sites for hydroxylation is 1. The molecule has 0 saturated carbocycles. The molecular weight excluding hydrogens is 252 g/mol. The summed E-state index contributed by atoms with van der Waals surface area (Å²) in [4.78, 5) is 17.6. The van der Waals surface area contributed by atoms with Crippen molar-refractivity contribution in [3.05, 3.63) is 53.3 Å². The van der Waals surface area contributed by atoms with Gasteiger partial charge in [-0.25, -0.2) is 0 Å². The molecule has 1 amide bonds. The SMILES string of the molecule is Cc1ccc(-c2cncc(C(=O)N(C)C)c2)c(CO)c1. The highest BCUT2D eigenvalue weighted by Crippen LogP contribution is 2.25. The lowest BCUT2D eigenvalue weighted by Gasteiger charge is -2.12. The van der Waals surface area contributed by atoms with Crippen LogP contribution < -0.4 is 0 Å². The molecule has 0 atom stereocenters. The first-order valence-electron chi connectivity index (χ1n) is 6.40. The third-order valence-electron chi connectivity index (χ3n) is 3.13. The summed E-state index contributed by atoms with van der Waals surface area (Å²) in [6.45, 7) is 1.94. The smallest absolute Gasteiger partial charge is 0.254 e. The van der Waals surface area contributed by atoms with Crippen molar-refractivity contribution in [1.29, 1.82) is 0 Å². The summed E-state index contributed by atoms with van der Waals surface area (Å²) in [5.41, 5.74) is 4.20. The minimum atomic E-state index is -0.0861. The molecule has 4 nitrogen and oxygen atoms in total. The quantitative estimate of drug-likeness (QED) is 0.930. The van der Waals surface area contributed by atoms with E-state index in [-0.39, 0.29) is 12.5 Å². The van der Waals surface area contributed by atoms with Gasteiger partial charge in [-0.15, -0.1) is 0 Å². The van der Waals surface area contributed by atoms with Gasteiger partial charge in [-0.05, 0) is 24.1 Å². The fourth-order valence-corrected chi connectivity index (χ4v) is 2.10. The van der Waals surface area contributed by atoms with Gasteiger partial charge in [-0.3, -0.25) is 9.78 Å². The Bertz CT molecular complexity index is 636. The van der Waals surface area contributed by atoms with Crippen LogP contribution in [-0.4, -0.2) is 35.0 Å². The lowest BCUT2D eigenvalue weighted by atomic mass is 9.98. The van der Waals surface area contributed by atoms with E-state index < -0.39 is 0 Å². The van der Waals surface area contributed by atoms with E-state index >= 15 is 0 Å². The second-order valence-corrected chi connectivity index (χ2v) is 4.98. The topological polar surface area (TPSA) is 53.4 Å². The van der Waals surface area contributed by atoms with Crippen molar-refractivity contribution >= 4 is 5.91 Å². The van der Waals surface area contributed by atoms with E-state index in [0.717, 1.165) is 22.3 Å². The number of benzene rings is 1. The second kappa shape index (κ2) is 5.84. The Morgan fingerprint density at radius 3 is 2.65 bits per heavy atom. The van der Waals surface area contributed by atoms with Gasteiger partial charge in [0.2, 0.25) is 0 Å². The predicted octanol–water partition coefficient (Wildman–Crippen LogP) is 2.25. The number of hydrogen-bond acceptors (Lipinski definition) is 3. The lowest BCUT2D eigenvalue weighted by Crippen LogP contribution is -2.21. The van der Waals surface area contributed by atoms with Crippen molar-refractivity contribution in [3.8, 4) is 11.1 Å². The summed E-state index contributed by atoms with van der Waals surface area (Å²) in [5, 5.41) is 9.48. The average Bonchev–Trinajstić information content (AvgIpc) is 2.46. The van der Waals surface area contributed by atoms with Crippen molar-refractivity contribution in [1.82, 2.24) is 9.88 Å². The maximum atomic E-state index is 12.0. The van der Waals surface area contributed by atoms with Crippen LogP contribution in [0.15, 0.2) is 36.7 Å². The monoisotopic (exact) mass is 270 g/mol. The van der Waals surface area contributed by atoms with E-state index in [1.54, 1.807) is 32.6 Å². The number of hydrogen-bond donors (Lipinski definition) is 1. The van der Waals surface area contributed by atoms with Crippen LogP contribution in [-0.2, 0) is 6.61 Å². The number of nitrogens with zero attached hydrogens (tertiary/aromatic N) is 2. The number of carbonyl (C=O) groups is 1. The zero-order valence-electron chi connectivity index (χ0n) is 11.9. The fourth-order valence-electron chi connectivity index (χ4n) is 2.10. The second-order valence-electron chi connectivity index (χ2n) is 4.98. The number of amides is 1. The van der Waals surface area contributed by atoms with E-state index in [4.69, 9.17) is 0 Å². The Labute approximate surface area is 118 Å². The van der Waals surface area contributed by atoms with Gasteiger partial charge >= 0.3 is 0 Å². The summed E-state index contributed by atoms with van der Waals surface area (Å²) >= 11 is 0. The van der Waals surface area contributed by atoms with Gasteiger partial charge in [-0.1, -0.05) is 23.8 Å². The molecule has 0 aliphatic rings. The molecular formula is C16H18N2O2. The van der Waals surface area contributed by atoms with Gasteiger partial charge in [-0.2, -0.15) is 0 Å². The number of carbonyl (C=O) groups excluding carboxylic acids is 1. The Morgan fingerprint density at radius 2 is 2.00 bits per heavy atom. The molecule has 2 aromatic rings. The molecule has 1 aromatic heterocycles. The fraction of sp³-hybridized carbons (Fsp3) is 0.250. The standard InChI is InChI=1S/C16H18N2O2/c1-11-4-5-15(14(6-11)10-19)12-7-13(9-17-8-12)16(20)18(2)3/h4-9,19H,10H2,1-3H3. The molecule has 0 fully saturated rings. The van der Waals surface area contributed by atoms with E-state index in [1.807, 2.05) is 25.1 Å². The van der Waals surface area contributed by atoms with Crippen LogP contribution in [0.5, 0.6) is 0 Å². The van der Waals surface area contributed by atoms with Crippen LogP contribution >= 0.6 is 0 Å². The van der Waals surface area contributed by atoms with Gasteiger partial charge in [0.15, 0.2) is 0 Å². The molecule has 0 aliphatic heterocycles. The molecule has 1 aromatic carbocycles. The van der Waals surface area contributed by atoms with Gasteiger partial charge < -0.3 is 10.0 Å². The maximum Gasteiger partial charge on any atom is 0.254 e. The molecule has 1 N–H and O–H groups in total. The van der Waals surface area contributed by atoms with Crippen LogP contribution in [0.3, 0.4) is 0 Å². The zero-order valence-corrected chi connectivity index (χ0v) is 11.9. The van der Waals surface area contributed by atoms with E-state index in [9.17, 15) is 9.90 Å². The van der Waals surface area contributed by atoms with E-state index in [1.165, 1.54) is 4.90 Å². The number of pyridine rings is 1. The minimum Gasteiger partial charge on any atom is -0.392 e. The molecule has 0 spiro atoms. The molecule has 0 radical (unpaired) electrons. The van der Waals surface area contributed by atoms with Crippen LogP contribution in [0.2, 0.25) is 0 Å². The third-order valence-corrected chi connectivity index (χ3v) is 3.13. The van der Waals surface area contributed by atoms with Crippen LogP contribution in [0.25, 0.3) is 11.1 Å². The van der Waals surface area contributed by atoms with Crippen molar-refractivity contribution in [2.75, 3.05) is 14.1 Å². The first-order chi connectivity index (χ1) is 9.52. The summed E-state index contributed by atoms with van der Waals surface area (Å²) in [5.74, 6) is -0.0861. The molecule has 0 bridgehead atoms. The van der Waals surface area contributed by atoms with Crippen molar-refractivity contribution in [2.24, 2.45) is 0 Å². The summed E-state index contributed by atoms with van der Waals surface area (Å²) in [7, 11) is 3.42. The molecule has 0 saturated heterocycles. The third kappa shape index (κ3) is 2.86.